The van der Waals surface area contributed by atoms with Gasteiger partial charge >= 0.3 is 23.9 Å². The second-order valence-electron chi connectivity index (χ2n) is 34.1. The molecule has 147 heavy (non-hydrogen) atoms. The lowest BCUT2D eigenvalue weighted by Crippen LogP contribution is -2.03. The molecule has 0 radical (unpaired) electrons. The van der Waals surface area contributed by atoms with E-state index in [2.05, 4.69) is 76.9 Å². The zero-order chi connectivity index (χ0) is 107. The first-order valence-electron chi connectivity index (χ1n) is 46.7. The van der Waals surface area contributed by atoms with Gasteiger partial charge in [-0.3, -0.25) is 14.4 Å². The largest absolute Gasteiger partial charge is 0.508 e. The lowest BCUT2D eigenvalue weighted by atomic mass is 9.91. The zero-order valence-electron chi connectivity index (χ0n) is 83.2. The summed E-state index contributed by atoms with van der Waals surface area (Å²) in [6.07, 6.45) is 6.23. The van der Waals surface area contributed by atoms with Gasteiger partial charge in [0.2, 0.25) is 0 Å². The molecular formula is C122H116Cl6N6O13. The van der Waals surface area contributed by atoms with E-state index < -0.39 is 23.9 Å². The average molecular weight is 2090 g/mol. The number of carbonyl (C=O) groups is 6. The van der Waals surface area contributed by atoms with Gasteiger partial charge in [-0.15, -0.1) is 0 Å². The van der Waals surface area contributed by atoms with Crippen LogP contribution in [-0.4, -0.2) is 71.2 Å². The summed E-state index contributed by atoms with van der Waals surface area (Å²) in [6.45, 7) is 23.4. The Morgan fingerprint density at radius 1 is 0.293 bits per heavy atom. The monoisotopic (exact) mass is 2080 g/mol. The van der Waals surface area contributed by atoms with Crippen molar-refractivity contribution in [1.29, 1.82) is 0 Å². The number of phenols is 3. The van der Waals surface area contributed by atoms with E-state index in [9.17, 15) is 39.0 Å². The Kier molecular flexibility index (Phi) is 45.0. The Balaban J connectivity index is 0.000000187. The first-order valence-corrected chi connectivity index (χ1v) is 49.0. The lowest BCUT2D eigenvalue weighted by Gasteiger charge is -2.14. The number of aromatic carboxylic acids is 3. The Morgan fingerprint density at radius 2 is 0.680 bits per heavy atom. The minimum atomic E-state index is -0.961. The molecule has 0 saturated carbocycles. The lowest BCUT2D eigenvalue weighted by molar-refractivity contribution is -0.136. The number of phenolic OH excluding ortho intramolecular Hbond substituents is 3. The van der Waals surface area contributed by atoms with E-state index in [1.165, 1.54) is 40.3 Å². The van der Waals surface area contributed by atoms with Gasteiger partial charge in [0.1, 0.15) is 23.0 Å². The number of aromatic hydroxyl groups is 3. The van der Waals surface area contributed by atoms with Gasteiger partial charge in [-0.05, 0) is 335 Å². The number of Topliss-reactive ketones (excluding diaryl/α,β-unsaturated/α-hetero) is 2. The maximum Gasteiger partial charge on any atom is 0.337 e. The van der Waals surface area contributed by atoms with Crippen LogP contribution >= 0.6 is 69.6 Å². The van der Waals surface area contributed by atoms with Gasteiger partial charge < -0.3 is 67.6 Å². The van der Waals surface area contributed by atoms with E-state index in [1.54, 1.807) is 146 Å². The number of hydrogen-bond acceptors (Lipinski definition) is 15. The van der Waals surface area contributed by atoms with Crippen LogP contribution in [0.4, 0.5) is 68.2 Å². The second kappa shape index (κ2) is 57.6. The summed E-state index contributed by atoms with van der Waals surface area (Å²) in [4.78, 5) is 66.9. The Hall–Kier alpha value is -15.8. The zero-order valence-corrected chi connectivity index (χ0v) is 87.8. The predicted octanol–water partition coefficient (Wildman–Crippen LogP) is 34.4. The number of rotatable bonds is 26. The van der Waals surface area contributed by atoms with E-state index >= 15 is 0 Å². The highest BCUT2D eigenvalue weighted by Crippen LogP contribution is 2.40. The molecule has 25 heteroatoms. The molecule has 16 rings (SSSR count). The van der Waals surface area contributed by atoms with Crippen LogP contribution in [0.1, 0.15) is 160 Å². The van der Waals surface area contributed by atoms with Crippen molar-refractivity contribution in [2.75, 3.05) is 31.9 Å². The standard InChI is InChI=1S/C19H22O.2C15H13Cl2NO.C15H14ClNO2.C15H15NO2.C15H14O2.C14H12ClNO2.C14H13NO2/c1-4-18(15-8-6-14(3)7-9-15)19(5-2)16-10-12-17(20)13-11-16;1-9-7-8-12(16)15(14(9)17)18-13-6-4-3-5-11(13)10(2)19;1-10(19)9-11-5-2-3-8-14(11)18-15-12(16)6-4-7-13(15)17;1-10-6-12(16)9-13(7-10)17-14-5-3-2-4-11(14)8-15(18)19;1-10-6-5-9-13(11(10)2)16-14-8-4-3-7-12(14)15(17)18;1-11-8-13(10-15(17)9-11)3-2-12-4-6-14(16)7-5-12;1-9-6-10(15)8-11(7-9)16-13-5-3-2-4-12(13)14(17)18;1-10-5-4-6-11(9-10)15-13-8-3-2-7-12(13)14(16)17/h6-13,20H,4-5H2,1-3H3;3-8,18H,1-2H3;2-8,18H,9H2,1H3;2-7,9,17H,8H2,1H3,(H,18,19);3-9,16H,1-2H3,(H,17,18);2-10,16-17H,1H3;2-8,16H,1H3,(H,17,18);2-9,15H,1H3,(H,16,17)/b19-18+;;;;;3-2+;;. The molecular weight excluding hydrogens is 1970 g/mol. The number of anilines is 12. The maximum atomic E-state index is 11.6. The first kappa shape index (κ1) is 115. The molecule has 0 heterocycles. The van der Waals surface area contributed by atoms with E-state index in [0.29, 0.717) is 82.0 Å². The number of ketones is 2. The van der Waals surface area contributed by atoms with Crippen molar-refractivity contribution in [3.63, 3.8) is 0 Å². The quantitative estimate of drug-likeness (QED) is 0.0177. The number of aryl methyl sites for hydroxylation is 7. The van der Waals surface area contributed by atoms with Gasteiger partial charge in [0, 0.05) is 61.8 Å². The Bertz CT molecular complexity index is 7180. The molecule has 754 valence electrons. The third kappa shape index (κ3) is 37.1. The van der Waals surface area contributed by atoms with Crippen LogP contribution in [0.5, 0.6) is 17.2 Å². The molecule has 0 saturated heterocycles. The predicted molar refractivity (Wildman–Crippen MR) is 609 cm³/mol. The molecule has 16 aromatic carbocycles. The smallest absolute Gasteiger partial charge is 0.337 e. The number of nitrogens with one attached hydrogen (secondary N) is 6. The molecule has 0 unspecified atom stereocenters. The summed E-state index contributed by atoms with van der Waals surface area (Å²) in [5.74, 6) is -2.72. The van der Waals surface area contributed by atoms with Crippen molar-refractivity contribution >= 4 is 197 Å². The molecule has 0 spiro atoms. The number of allylic oxidation sites excluding steroid dienone is 2. The minimum Gasteiger partial charge on any atom is -0.508 e. The molecule has 0 aliphatic heterocycles. The van der Waals surface area contributed by atoms with Gasteiger partial charge in [0.05, 0.1) is 71.6 Å². The first-order chi connectivity index (χ1) is 70.2. The van der Waals surface area contributed by atoms with Gasteiger partial charge in [-0.1, -0.05) is 277 Å². The van der Waals surface area contributed by atoms with Gasteiger partial charge in [-0.2, -0.15) is 0 Å². The fourth-order valence-electron chi connectivity index (χ4n) is 15.0. The maximum absolute atomic E-state index is 11.6. The minimum absolute atomic E-state index is 0.0111. The van der Waals surface area contributed by atoms with Crippen LogP contribution < -0.4 is 31.9 Å². The van der Waals surface area contributed by atoms with Crippen LogP contribution in [0.2, 0.25) is 30.1 Å². The summed E-state index contributed by atoms with van der Waals surface area (Å²) in [7, 11) is 0. The number of carbonyl (C=O) groups excluding carboxylic acids is 2. The number of halogens is 6. The van der Waals surface area contributed by atoms with Crippen molar-refractivity contribution in [3.8, 4) is 17.2 Å². The van der Waals surface area contributed by atoms with Crippen LogP contribution in [0, 0.1) is 55.4 Å². The number of carboxylic acids is 4. The fraction of sp³-hybridized carbons (Fsp3) is 0.131. The van der Waals surface area contributed by atoms with E-state index in [4.69, 9.17) is 95.1 Å². The molecule has 16 aromatic rings. The molecule has 0 fully saturated rings. The van der Waals surface area contributed by atoms with Crippen LogP contribution in [0.3, 0.4) is 0 Å². The molecule has 0 aliphatic carbocycles. The number of aliphatic carboxylic acids is 1. The SMILES string of the molecule is CC(=O)Cc1ccccc1Nc1c(Cl)cccc1Cl.CC(=O)c1ccccc1Nc1c(Cl)ccc(C)c1Cl.CC/C(=C(/CC)c1ccc(O)cc1)c1ccc(C)cc1.Cc1cc(Cl)cc(Nc2ccccc2C(=O)O)c1.Cc1cc(Cl)cc(Nc2ccccc2CC(=O)O)c1.Cc1cc(O)cc(/C=C/c2ccc(O)cc2)c1.Cc1cccc(Nc2ccccc2C(=O)O)c1.Cc1cccc(Nc2ccccc2C(=O)O)c1C. The van der Waals surface area contributed by atoms with Crippen LogP contribution in [0.15, 0.2) is 346 Å². The van der Waals surface area contributed by atoms with Crippen LogP contribution in [0.25, 0.3) is 23.3 Å². The molecule has 0 aromatic heterocycles. The van der Waals surface area contributed by atoms with Crippen molar-refractivity contribution < 1.29 is 64.5 Å². The van der Waals surface area contributed by atoms with E-state index in [-0.39, 0.29) is 46.2 Å². The number of hydrogen-bond donors (Lipinski definition) is 13. The molecule has 0 amide bonds. The molecule has 0 atom stereocenters. The molecule has 0 aliphatic rings. The van der Waals surface area contributed by atoms with Crippen molar-refractivity contribution in [2.45, 2.75) is 109 Å². The van der Waals surface area contributed by atoms with Crippen molar-refractivity contribution in [1.82, 2.24) is 0 Å². The van der Waals surface area contributed by atoms with Gasteiger partial charge in [-0.25, -0.2) is 14.4 Å². The van der Waals surface area contributed by atoms with Crippen LogP contribution in [-0.2, 0) is 22.4 Å². The highest BCUT2D eigenvalue weighted by molar-refractivity contribution is 6.40. The second-order valence-corrected chi connectivity index (χ2v) is 36.5. The van der Waals surface area contributed by atoms with E-state index in [0.717, 1.165) is 103 Å². The van der Waals surface area contributed by atoms with Crippen molar-refractivity contribution in [2.24, 2.45) is 0 Å². The topological polar surface area (TPSA) is 316 Å². The number of carboxylic acid groups (broad SMARTS) is 4. The van der Waals surface area contributed by atoms with Gasteiger partial charge in [0.15, 0.2) is 5.78 Å². The number of para-hydroxylation sites is 7. The summed E-state index contributed by atoms with van der Waals surface area (Å²) >= 11 is 36.6. The highest BCUT2D eigenvalue weighted by Gasteiger charge is 2.19. The third-order valence-corrected chi connectivity index (χ3v) is 24.2. The van der Waals surface area contributed by atoms with Gasteiger partial charge in [0.25, 0.3) is 0 Å². The number of benzene rings is 16. The molecule has 0 bridgehead atoms. The average Bonchev–Trinajstić information content (AvgIpc) is 0.904. The Morgan fingerprint density at radius 3 is 1.15 bits per heavy atom. The van der Waals surface area contributed by atoms with E-state index in [1.807, 2.05) is 243 Å². The normalized spacial score (nSPS) is 10.5. The molecule has 13 N–H and O–H groups in total. The van der Waals surface area contributed by atoms with Crippen molar-refractivity contribution in [3.05, 3.63) is 476 Å². The summed E-state index contributed by atoms with van der Waals surface area (Å²) in [6, 6.07) is 105. The Labute approximate surface area is 888 Å². The summed E-state index contributed by atoms with van der Waals surface area (Å²) < 4.78 is 0. The fourth-order valence-corrected chi connectivity index (χ4v) is 16.6. The third-order valence-electron chi connectivity index (χ3n) is 22.3. The molecule has 19 nitrogen and oxygen atoms in total. The summed E-state index contributed by atoms with van der Waals surface area (Å²) in [5.41, 5.74) is 27.8. The highest BCUT2D eigenvalue weighted by atomic mass is 35.5. The summed E-state index contributed by atoms with van der Waals surface area (Å²) in [5, 5.41) is 86.6.